The van der Waals surface area contributed by atoms with Crippen molar-refractivity contribution in [3.63, 3.8) is 0 Å². The van der Waals surface area contributed by atoms with Gasteiger partial charge in [0.15, 0.2) is 11.5 Å². The lowest BCUT2D eigenvalue weighted by molar-refractivity contribution is -0.141. The zero-order valence-electron chi connectivity index (χ0n) is 13.7. The van der Waals surface area contributed by atoms with Gasteiger partial charge < -0.3 is 14.2 Å². The highest BCUT2D eigenvalue weighted by molar-refractivity contribution is 6.05. The molecule has 0 aromatic heterocycles. The highest BCUT2D eigenvalue weighted by atomic mass is 16.7. The fraction of sp³-hybridized carbons (Fsp3) is 0.500. The molecule has 2 aliphatic heterocycles. The van der Waals surface area contributed by atoms with Crippen molar-refractivity contribution in [2.75, 3.05) is 13.3 Å². The third-order valence-electron chi connectivity index (χ3n) is 5.05. The lowest BCUT2D eigenvalue weighted by Gasteiger charge is -2.19. The quantitative estimate of drug-likeness (QED) is 0.471. The van der Waals surface area contributed by atoms with Crippen LogP contribution in [-0.2, 0) is 14.4 Å². The first-order chi connectivity index (χ1) is 12.1. The van der Waals surface area contributed by atoms with Gasteiger partial charge in [0, 0.05) is 12.6 Å². The largest absolute Gasteiger partial charge is 0.454 e. The Balaban J connectivity index is 1.34. The normalized spacial score (nSPS) is 24.4. The molecule has 0 N–H and O–H groups in total. The van der Waals surface area contributed by atoms with Gasteiger partial charge in [0.05, 0.1) is 18.3 Å². The number of esters is 1. The molecule has 1 aliphatic carbocycles. The zero-order chi connectivity index (χ0) is 17.4. The van der Waals surface area contributed by atoms with E-state index in [0.717, 1.165) is 25.7 Å². The minimum Gasteiger partial charge on any atom is -0.454 e. The molecule has 0 radical (unpaired) electrons. The van der Waals surface area contributed by atoms with Crippen molar-refractivity contribution < 1.29 is 28.6 Å². The van der Waals surface area contributed by atoms with Crippen molar-refractivity contribution in [2.45, 2.75) is 32.1 Å². The molecule has 2 amide bonds. The van der Waals surface area contributed by atoms with E-state index in [9.17, 15) is 14.4 Å². The molecule has 1 aromatic carbocycles. The van der Waals surface area contributed by atoms with Crippen LogP contribution in [-0.4, -0.2) is 36.0 Å². The maximum absolute atomic E-state index is 12.4. The van der Waals surface area contributed by atoms with Crippen molar-refractivity contribution in [1.82, 2.24) is 4.90 Å². The molecule has 4 rings (SSSR count). The van der Waals surface area contributed by atoms with Gasteiger partial charge in [-0.2, -0.15) is 0 Å². The molecule has 0 unspecified atom stereocenters. The van der Waals surface area contributed by atoms with Crippen LogP contribution >= 0.6 is 0 Å². The molecule has 2 atom stereocenters. The molecule has 0 bridgehead atoms. The molecule has 25 heavy (non-hydrogen) atoms. The van der Waals surface area contributed by atoms with Crippen molar-refractivity contribution in [1.29, 1.82) is 0 Å². The molecule has 1 saturated carbocycles. The second kappa shape index (κ2) is 6.38. The average Bonchev–Trinajstić information content (AvgIpc) is 3.17. The van der Waals surface area contributed by atoms with Crippen molar-refractivity contribution in [2.24, 2.45) is 11.8 Å². The molecule has 132 valence electrons. The van der Waals surface area contributed by atoms with Gasteiger partial charge in [0.2, 0.25) is 18.6 Å². The van der Waals surface area contributed by atoms with Crippen LogP contribution in [0.25, 0.3) is 0 Å². The fourth-order valence-corrected chi connectivity index (χ4v) is 3.78. The number of hydrogen-bond donors (Lipinski definition) is 0. The number of benzene rings is 1. The van der Waals surface area contributed by atoms with Crippen LogP contribution in [0.15, 0.2) is 18.2 Å². The standard InChI is InChI=1S/C18H19NO6/c20-16(25-11-5-6-14-15(9-11)24-10-23-14)7-8-19-17(21)12-3-1-2-4-13(12)18(19)22/h5-6,9,12-13H,1-4,7-8,10H2/t12-,13-/m1/s1. The van der Waals surface area contributed by atoms with Gasteiger partial charge >= 0.3 is 5.97 Å². The fourth-order valence-electron chi connectivity index (χ4n) is 3.78. The molecule has 7 nitrogen and oxygen atoms in total. The van der Waals surface area contributed by atoms with Crippen LogP contribution in [0.2, 0.25) is 0 Å². The van der Waals surface area contributed by atoms with Crippen LogP contribution in [0.4, 0.5) is 0 Å². The van der Waals surface area contributed by atoms with Gasteiger partial charge in [0.1, 0.15) is 5.75 Å². The van der Waals surface area contributed by atoms with E-state index in [0.29, 0.717) is 17.2 Å². The highest BCUT2D eigenvalue weighted by Gasteiger charge is 2.47. The third kappa shape index (κ3) is 2.94. The summed E-state index contributed by atoms with van der Waals surface area (Å²) in [5.41, 5.74) is 0. The van der Waals surface area contributed by atoms with Crippen LogP contribution in [0, 0.1) is 11.8 Å². The Morgan fingerprint density at radius 3 is 2.48 bits per heavy atom. The van der Waals surface area contributed by atoms with E-state index < -0.39 is 5.97 Å². The van der Waals surface area contributed by atoms with Crippen molar-refractivity contribution in [3.8, 4) is 17.2 Å². The Morgan fingerprint density at radius 1 is 1.08 bits per heavy atom. The van der Waals surface area contributed by atoms with Gasteiger partial charge in [-0.1, -0.05) is 12.8 Å². The van der Waals surface area contributed by atoms with Crippen molar-refractivity contribution >= 4 is 17.8 Å². The zero-order valence-corrected chi connectivity index (χ0v) is 13.7. The highest BCUT2D eigenvalue weighted by Crippen LogP contribution is 2.38. The first-order valence-electron chi connectivity index (χ1n) is 8.59. The summed E-state index contributed by atoms with van der Waals surface area (Å²) in [5.74, 6) is 0.347. The molecule has 2 heterocycles. The Hall–Kier alpha value is -2.57. The van der Waals surface area contributed by atoms with E-state index >= 15 is 0 Å². The maximum Gasteiger partial charge on any atom is 0.313 e. The second-order valence-corrected chi connectivity index (χ2v) is 6.56. The number of fused-ring (bicyclic) bond motifs is 2. The number of amides is 2. The number of nitrogens with zero attached hydrogens (tertiary/aromatic N) is 1. The lowest BCUT2D eigenvalue weighted by atomic mass is 9.81. The van der Waals surface area contributed by atoms with Gasteiger partial charge in [0.25, 0.3) is 0 Å². The van der Waals surface area contributed by atoms with Crippen molar-refractivity contribution in [3.05, 3.63) is 18.2 Å². The maximum atomic E-state index is 12.4. The molecular weight excluding hydrogens is 326 g/mol. The molecular formula is C18H19NO6. The average molecular weight is 345 g/mol. The molecule has 3 aliphatic rings. The minimum atomic E-state index is -0.491. The predicted octanol–water partition coefficient (Wildman–Crippen LogP) is 1.89. The number of rotatable bonds is 4. The summed E-state index contributed by atoms with van der Waals surface area (Å²) in [6, 6.07) is 4.87. The second-order valence-electron chi connectivity index (χ2n) is 6.56. The summed E-state index contributed by atoms with van der Waals surface area (Å²) in [5, 5.41) is 0. The number of carbonyl (C=O) groups excluding carboxylic acids is 3. The first kappa shape index (κ1) is 15.9. The number of hydrogen-bond acceptors (Lipinski definition) is 6. The molecule has 2 fully saturated rings. The Bertz CT molecular complexity index is 706. The predicted molar refractivity (Wildman–Crippen MR) is 85.0 cm³/mol. The molecule has 7 heteroatoms. The molecule has 0 spiro atoms. The van der Waals surface area contributed by atoms with Gasteiger partial charge in [-0.25, -0.2) is 0 Å². The molecule has 1 aromatic rings. The number of carbonyl (C=O) groups is 3. The van der Waals surface area contributed by atoms with Gasteiger partial charge in [-0.05, 0) is 25.0 Å². The van der Waals surface area contributed by atoms with E-state index in [2.05, 4.69) is 0 Å². The summed E-state index contributed by atoms with van der Waals surface area (Å²) in [6.07, 6.45) is 3.49. The summed E-state index contributed by atoms with van der Waals surface area (Å²) < 4.78 is 15.7. The van der Waals surface area contributed by atoms with E-state index in [1.807, 2.05) is 0 Å². The van der Waals surface area contributed by atoms with Crippen LogP contribution in [0.1, 0.15) is 32.1 Å². The summed E-state index contributed by atoms with van der Waals surface area (Å²) in [4.78, 5) is 38.0. The summed E-state index contributed by atoms with van der Waals surface area (Å²) >= 11 is 0. The minimum absolute atomic E-state index is 0.0225. The molecule has 1 saturated heterocycles. The van der Waals surface area contributed by atoms with Gasteiger partial charge in [-0.3, -0.25) is 19.3 Å². The summed E-state index contributed by atoms with van der Waals surface area (Å²) in [7, 11) is 0. The van der Waals surface area contributed by atoms with Crippen LogP contribution in [0.5, 0.6) is 17.2 Å². The van der Waals surface area contributed by atoms with Gasteiger partial charge in [-0.15, -0.1) is 0 Å². The van der Waals surface area contributed by atoms with E-state index in [4.69, 9.17) is 14.2 Å². The van der Waals surface area contributed by atoms with E-state index in [1.54, 1.807) is 18.2 Å². The Morgan fingerprint density at radius 2 is 1.76 bits per heavy atom. The summed E-state index contributed by atoms with van der Waals surface area (Å²) in [6.45, 7) is 0.225. The Kier molecular flexibility index (Phi) is 4.07. The number of likely N-dealkylation sites (tertiary alicyclic amines) is 1. The smallest absolute Gasteiger partial charge is 0.313 e. The number of imide groups is 1. The SMILES string of the molecule is O=C(CCN1C(=O)[C@@H]2CCCC[C@H]2C1=O)Oc1ccc2c(c1)OCO2. The Labute approximate surface area is 144 Å². The third-order valence-corrected chi connectivity index (χ3v) is 5.05. The monoisotopic (exact) mass is 345 g/mol. The van der Waals surface area contributed by atoms with Crippen LogP contribution in [0.3, 0.4) is 0 Å². The van der Waals surface area contributed by atoms with E-state index in [1.165, 1.54) is 4.90 Å². The topological polar surface area (TPSA) is 82.1 Å². The number of ether oxygens (including phenoxy) is 3. The van der Waals surface area contributed by atoms with Crippen LogP contribution < -0.4 is 14.2 Å². The first-order valence-corrected chi connectivity index (χ1v) is 8.59. The lowest BCUT2D eigenvalue weighted by Crippen LogP contribution is -2.33. The van der Waals surface area contributed by atoms with E-state index in [-0.39, 0.29) is 43.4 Å².